The Morgan fingerprint density at radius 1 is 1.17 bits per heavy atom. The molecule has 5 rings (SSSR count). The van der Waals surface area contributed by atoms with Crippen LogP contribution in [0.4, 0.5) is 11.6 Å². The number of aliphatic hydroxyl groups excluding tert-OH is 1. The number of anilines is 2. The number of aliphatic hydroxyl groups is 1. The molecule has 0 spiro atoms. The number of methoxy groups -OCH3 is 1. The summed E-state index contributed by atoms with van der Waals surface area (Å²) in [7, 11) is 1.61. The lowest BCUT2D eigenvalue weighted by Gasteiger charge is -2.30. The zero-order valence-corrected chi connectivity index (χ0v) is 20.6. The lowest BCUT2D eigenvalue weighted by atomic mass is 9.99. The Labute approximate surface area is 210 Å². The van der Waals surface area contributed by atoms with Crippen molar-refractivity contribution in [2.24, 2.45) is 0 Å². The van der Waals surface area contributed by atoms with Crippen LogP contribution in [0, 0.1) is 0 Å². The molecule has 0 saturated heterocycles. The zero-order valence-electron chi connectivity index (χ0n) is 20.6. The number of aromatic nitrogens is 5. The van der Waals surface area contributed by atoms with Gasteiger partial charge >= 0.3 is 0 Å². The van der Waals surface area contributed by atoms with Gasteiger partial charge in [-0.1, -0.05) is 6.07 Å². The van der Waals surface area contributed by atoms with Gasteiger partial charge in [-0.2, -0.15) is 5.10 Å². The van der Waals surface area contributed by atoms with Gasteiger partial charge in [0.15, 0.2) is 0 Å². The molecule has 9 nitrogen and oxygen atoms in total. The highest BCUT2D eigenvalue weighted by Gasteiger charge is 2.19. The summed E-state index contributed by atoms with van der Waals surface area (Å²) < 4.78 is 6.97. The predicted octanol–water partition coefficient (Wildman–Crippen LogP) is 3.53. The lowest BCUT2D eigenvalue weighted by Crippen LogP contribution is -2.38. The molecule has 1 aliphatic rings. The van der Waals surface area contributed by atoms with Gasteiger partial charge in [0, 0.05) is 74.9 Å². The highest BCUT2D eigenvalue weighted by molar-refractivity contribution is 5.78. The van der Waals surface area contributed by atoms with Gasteiger partial charge in [0.1, 0.15) is 5.69 Å². The van der Waals surface area contributed by atoms with Crippen LogP contribution in [0.3, 0.4) is 0 Å². The van der Waals surface area contributed by atoms with Crippen molar-refractivity contribution < 1.29 is 9.84 Å². The molecule has 36 heavy (non-hydrogen) atoms. The zero-order chi connectivity index (χ0) is 24.9. The van der Waals surface area contributed by atoms with Gasteiger partial charge in [0.2, 0.25) is 5.95 Å². The van der Waals surface area contributed by atoms with E-state index in [4.69, 9.17) is 14.8 Å². The topological polar surface area (TPSA) is 101 Å². The number of ether oxygens (including phenoxy) is 1. The van der Waals surface area contributed by atoms with Crippen LogP contribution in [-0.2, 0) is 24.2 Å². The van der Waals surface area contributed by atoms with Gasteiger partial charge in [0.25, 0.3) is 0 Å². The summed E-state index contributed by atoms with van der Waals surface area (Å²) in [6.45, 7) is 5.52. The first kappa shape index (κ1) is 24.1. The van der Waals surface area contributed by atoms with Crippen LogP contribution in [0.15, 0.2) is 61.2 Å². The smallest absolute Gasteiger partial charge is 0.227 e. The molecule has 0 bridgehead atoms. The number of aryl methyl sites for hydroxylation is 1. The normalized spacial score (nSPS) is 14.4. The van der Waals surface area contributed by atoms with Crippen molar-refractivity contribution in [1.82, 2.24) is 29.6 Å². The average molecular weight is 486 g/mol. The fourth-order valence-corrected chi connectivity index (χ4v) is 4.57. The monoisotopic (exact) mass is 485 g/mol. The summed E-state index contributed by atoms with van der Waals surface area (Å²) in [6, 6.07) is 12.2. The summed E-state index contributed by atoms with van der Waals surface area (Å²) in [4.78, 5) is 15.8. The molecule has 0 saturated carbocycles. The number of hydrogen-bond donors (Lipinski definition) is 2. The van der Waals surface area contributed by atoms with Gasteiger partial charge in [-0.25, -0.2) is 9.97 Å². The predicted molar refractivity (Wildman–Crippen MR) is 139 cm³/mol. The van der Waals surface area contributed by atoms with Crippen molar-refractivity contribution in [1.29, 1.82) is 0 Å². The first-order valence-corrected chi connectivity index (χ1v) is 12.2. The van der Waals surface area contributed by atoms with Crippen LogP contribution in [-0.4, -0.2) is 67.6 Å². The molecule has 1 aromatic carbocycles. The minimum atomic E-state index is -0.468. The van der Waals surface area contributed by atoms with Gasteiger partial charge < -0.3 is 15.2 Å². The second-order valence-corrected chi connectivity index (χ2v) is 8.96. The fraction of sp³-hybridized carbons (Fsp3) is 0.333. The molecule has 1 aliphatic heterocycles. The molecule has 0 fully saturated rings. The van der Waals surface area contributed by atoms with Crippen molar-refractivity contribution in [3.8, 4) is 22.5 Å². The van der Waals surface area contributed by atoms with E-state index in [-0.39, 0.29) is 0 Å². The number of β-amino-alcohol motifs (C(OH)–C–C–N with tert-alkyl or cyclic N) is 1. The molecule has 2 N–H and O–H groups in total. The molecule has 0 amide bonds. The average Bonchev–Trinajstić information content (AvgIpc) is 3.34. The summed E-state index contributed by atoms with van der Waals surface area (Å²) in [5.74, 6) is 0.536. The Morgan fingerprint density at radius 2 is 2.08 bits per heavy atom. The van der Waals surface area contributed by atoms with E-state index in [0.29, 0.717) is 19.1 Å². The van der Waals surface area contributed by atoms with E-state index in [0.717, 1.165) is 54.3 Å². The third-order valence-electron chi connectivity index (χ3n) is 6.33. The standard InChI is InChI=1S/C27H31N7O2/c1-3-34-17-24(26(32-34)20-5-4-10-28-14-20)25-8-11-29-27(31-25)30-22-7-6-21-15-33(12-9-19(21)13-22)16-23(35)18-36-2/h4-8,10-11,13-14,17,23,35H,3,9,12,15-16,18H2,1-2H3,(H,29,30,31)/t23-/m1/s1. The first-order valence-electron chi connectivity index (χ1n) is 12.2. The van der Waals surface area contributed by atoms with Crippen LogP contribution in [0.2, 0.25) is 0 Å². The van der Waals surface area contributed by atoms with E-state index < -0.39 is 6.10 Å². The van der Waals surface area contributed by atoms with Crippen molar-refractivity contribution in [3.05, 3.63) is 72.3 Å². The molecule has 3 aromatic heterocycles. The third kappa shape index (κ3) is 5.43. The minimum absolute atomic E-state index is 0.355. The van der Waals surface area contributed by atoms with E-state index in [2.05, 4.69) is 45.3 Å². The lowest BCUT2D eigenvalue weighted by molar-refractivity contribution is 0.0346. The molecule has 0 unspecified atom stereocenters. The Hall–Kier alpha value is -3.66. The van der Waals surface area contributed by atoms with Gasteiger partial charge in [0.05, 0.1) is 18.4 Å². The molecule has 4 heterocycles. The fourth-order valence-electron chi connectivity index (χ4n) is 4.57. The second kappa shape index (κ2) is 10.9. The molecular formula is C27H31N7O2. The van der Waals surface area contributed by atoms with E-state index in [1.165, 1.54) is 11.1 Å². The van der Waals surface area contributed by atoms with E-state index in [1.807, 2.05) is 35.3 Å². The molecular weight excluding hydrogens is 454 g/mol. The number of rotatable bonds is 9. The third-order valence-corrected chi connectivity index (χ3v) is 6.33. The molecule has 9 heteroatoms. The number of pyridine rings is 1. The highest BCUT2D eigenvalue weighted by Crippen LogP contribution is 2.30. The van der Waals surface area contributed by atoms with Crippen LogP contribution in [0.25, 0.3) is 22.5 Å². The van der Waals surface area contributed by atoms with Crippen molar-refractivity contribution in [2.75, 3.05) is 32.1 Å². The van der Waals surface area contributed by atoms with Gasteiger partial charge in [-0.15, -0.1) is 0 Å². The number of nitrogens with one attached hydrogen (secondary N) is 1. The van der Waals surface area contributed by atoms with Crippen LogP contribution in [0.5, 0.6) is 0 Å². The summed E-state index contributed by atoms with van der Waals surface area (Å²) in [5, 5.41) is 18.2. The molecule has 4 aromatic rings. The Balaban J connectivity index is 1.34. The Morgan fingerprint density at radius 3 is 2.89 bits per heavy atom. The number of fused-ring (bicyclic) bond motifs is 1. The van der Waals surface area contributed by atoms with Crippen LogP contribution in [0.1, 0.15) is 18.1 Å². The van der Waals surface area contributed by atoms with Crippen LogP contribution >= 0.6 is 0 Å². The maximum Gasteiger partial charge on any atom is 0.227 e. The van der Waals surface area contributed by atoms with Crippen molar-refractivity contribution in [3.63, 3.8) is 0 Å². The highest BCUT2D eigenvalue weighted by atomic mass is 16.5. The van der Waals surface area contributed by atoms with Gasteiger partial charge in [-0.3, -0.25) is 14.6 Å². The van der Waals surface area contributed by atoms with E-state index >= 15 is 0 Å². The largest absolute Gasteiger partial charge is 0.389 e. The SMILES string of the molecule is CCn1cc(-c2ccnc(Nc3ccc4c(c3)CCN(C[C@@H](O)COC)C4)n2)c(-c2cccnc2)n1. The molecule has 0 radical (unpaired) electrons. The van der Waals surface area contributed by atoms with E-state index in [9.17, 15) is 5.11 Å². The Bertz CT molecular complexity index is 1310. The molecule has 0 aliphatic carbocycles. The first-order chi connectivity index (χ1) is 17.6. The number of benzene rings is 1. The summed E-state index contributed by atoms with van der Waals surface area (Å²) in [6.07, 6.45) is 7.82. The molecule has 1 atom stereocenters. The second-order valence-electron chi connectivity index (χ2n) is 8.96. The van der Waals surface area contributed by atoms with Crippen molar-refractivity contribution >= 4 is 11.6 Å². The number of nitrogens with zero attached hydrogens (tertiary/aromatic N) is 6. The summed E-state index contributed by atoms with van der Waals surface area (Å²) >= 11 is 0. The summed E-state index contributed by atoms with van der Waals surface area (Å²) in [5.41, 5.74) is 7.08. The number of hydrogen-bond acceptors (Lipinski definition) is 8. The van der Waals surface area contributed by atoms with Gasteiger partial charge in [-0.05, 0) is 54.8 Å². The quantitative estimate of drug-likeness (QED) is 0.371. The van der Waals surface area contributed by atoms with Crippen LogP contribution < -0.4 is 5.32 Å². The van der Waals surface area contributed by atoms with Crippen molar-refractivity contribution in [2.45, 2.75) is 32.5 Å². The van der Waals surface area contributed by atoms with E-state index in [1.54, 1.807) is 19.5 Å². The Kier molecular flexibility index (Phi) is 7.31. The maximum atomic E-state index is 10.1. The maximum absolute atomic E-state index is 10.1. The minimum Gasteiger partial charge on any atom is -0.389 e. The molecule has 186 valence electrons.